The summed E-state index contributed by atoms with van der Waals surface area (Å²) in [7, 11) is 0. The summed E-state index contributed by atoms with van der Waals surface area (Å²) in [5, 5.41) is 8.95. The van der Waals surface area contributed by atoms with Crippen molar-refractivity contribution in [1.29, 1.82) is 0 Å². The van der Waals surface area contributed by atoms with Crippen LogP contribution in [0.15, 0.2) is 48.5 Å². The Morgan fingerprint density at radius 1 is 1.00 bits per heavy atom. The summed E-state index contributed by atoms with van der Waals surface area (Å²) in [5.41, 5.74) is 2.33. The molecule has 3 rings (SSSR count). The molecule has 1 N–H and O–H groups in total. The van der Waals surface area contributed by atoms with Crippen LogP contribution in [0.25, 0.3) is 0 Å². The van der Waals surface area contributed by atoms with Crippen molar-refractivity contribution in [1.82, 2.24) is 0 Å². The van der Waals surface area contributed by atoms with E-state index in [0.29, 0.717) is 11.0 Å². The highest BCUT2D eigenvalue weighted by Crippen LogP contribution is 2.46. The van der Waals surface area contributed by atoms with Crippen LogP contribution in [0.4, 0.5) is 0 Å². The van der Waals surface area contributed by atoms with Crippen molar-refractivity contribution >= 4 is 11.9 Å². The first-order valence-electron chi connectivity index (χ1n) is 9.45. The fraction of sp³-hybridized carbons (Fsp3) is 0.391. The highest BCUT2D eigenvalue weighted by molar-refractivity contribution is 5.92. The Hall–Kier alpha value is -2.62. The average molecular weight is 366 g/mol. The maximum atomic E-state index is 12.5. The molecule has 4 nitrogen and oxygen atoms in total. The van der Waals surface area contributed by atoms with Crippen molar-refractivity contribution in [2.45, 2.75) is 57.5 Å². The molecule has 0 spiro atoms. The smallest absolute Gasteiger partial charge is 0.338 e. The van der Waals surface area contributed by atoms with Gasteiger partial charge in [0, 0.05) is 0 Å². The standard InChI is InChI=1S/C23H26O4/c1-4-23(14-5-15-23)19-12-10-18(11-13-19)22(2,3)27-21(26)17-8-6-16(7-9-17)20(24)25/h6-13H,4-5,14-15H2,1-3H3,(H,24,25). The number of carboxylic acid groups (broad SMARTS) is 1. The van der Waals surface area contributed by atoms with Crippen molar-refractivity contribution in [2.75, 3.05) is 0 Å². The zero-order valence-electron chi connectivity index (χ0n) is 16.1. The van der Waals surface area contributed by atoms with Gasteiger partial charge in [0.15, 0.2) is 0 Å². The van der Waals surface area contributed by atoms with Crippen LogP contribution in [-0.2, 0) is 15.8 Å². The van der Waals surface area contributed by atoms with E-state index >= 15 is 0 Å². The number of hydrogen-bond acceptors (Lipinski definition) is 3. The first-order valence-corrected chi connectivity index (χ1v) is 9.45. The Balaban J connectivity index is 1.73. The minimum Gasteiger partial charge on any atom is -0.478 e. The first-order chi connectivity index (χ1) is 12.8. The molecule has 2 aromatic rings. The lowest BCUT2D eigenvalue weighted by atomic mass is 9.63. The Bertz CT molecular complexity index is 822. The van der Waals surface area contributed by atoms with E-state index in [2.05, 4.69) is 19.1 Å². The number of ether oxygens (including phenoxy) is 1. The van der Waals surface area contributed by atoms with E-state index in [1.54, 1.807) is 0 Å². The summed E-state index contributed by atoms with van der Waals surface area (Å²) in [4.78, 5) is 23.4. The predicted octanol–water partition coefficient (Wildman–Crippen LogP) is 5.31. The van der Waals surface area contributed by atoms with Crippen molar-refractivity contribution in [3.05, 3.63) is 70.8 Å². The van der Waals surface area contributed by atoms with Gasteiger partial charge in [0.2, 0.25) is 0 Å². The molecule has 2 aromatic carbocycles. The number of hydrogen-bond donors (Lipinski definition) is 1. The van der Waals surface area contributed by atoms with E-state index in [4.69, 9.17) is 9.84 Å². The second-order valence-electron chi connectivity index (χ2n) is 7.85. The van der Waals surface area contributed by atoms with Gasteiger partial charge in [0.25, 0.3) is 0 Å². The van der Waals surface area contributed by atoms with E-state index in [-0.39, 0.29) is 5.56 Å². The second-order valence-corrected chi connectivity index (χ2v) is 7.85. The van der Waals surface area contributed by atoms with Crippen LogP contribution in [0.1, 0.15) is 78.3 Å². The largest absolute Gasteiger partial charge is 0.478 e. The Kier molecular flexibility index (Phi) is 5.09. The number of benzene rings is 2. The first kappa shape index (κ1) is 19.2. The van der Waals surface area contributed by atoms with Gasteiger partial charge < -0.3 is 9.84 Å². The Labute approximate surface area is 160 Å². The molecular weight excluding hydrogens is 340 g/mol. The number of esters is 1. The molecule has 0 aliphatic heterocycles. The highest BCUT2D eigenvalue weighted by atomic mass is 16.6. The second kappa shape index (κ2) is 7.18. The average Bonchev–Trinajstić information content (AvgIpc) is 2.61. The number of carboxylic acids is 1. The van der Waals surface area contributed by atoms with Crippen LogP contribution < -0.4 is 0 Å². The van der Waals surface area contributed by atoms with Gasteiger partial charge in [-0.1, -0.05) is 37.6 Å². The summed E-state index contributed by atoms with van der Waals surface area (Å²) in [6.45, 7) is 5.98. The molecule has 0 unspecified atom stereocenters. The molecule has 142 valence electrons. The van der Waals surface area contributed by atoms with Crippen molar-refractivity contribution in [3.63, 3.8) is 0 Å². The third-order valence-corrected chi connectivity index (χ3v) is 5.90. The van der Waals surface area contributed by atoms with Crippen LogP contribution in [0, 0.1) is 0 Å². The molecule has 0 amide bonds. The fourth-order valence-electron chi connectivity index (χ4n) is 3.77. The van der Waals surface area contributed by atoms with E-state index in [0.717, 1.165) is 12.0 Å². The van der Waals surface area contributed by atoms with Crippen LogP contribution in [0.3, 0.4) is 0 Å². The van der Waals surface area contributed by atoms with Gasteiger partial charge in [-0.3, -0.25) is 0 Å². The molecule has 27 heavy (non-hydrogen) atoms. The van der Waals surface area contributed by atoms with Gasteiger partial charge in [-0.05, 0) is 73.9 Å². The topological polar surface area (TPSA) is 63.6 Å². The van der Waals surface area contributed by atoms with E-state index < -0.39 is 17.5 Å². The molecule has 1 aliphatic rings. The summed E-state index contributed by atoms with van der Waals surface area (Å²) in [5.74, 6) is -1.49. The lowest BCUT2D eigenvalue weighted by Gasteiger charge is -2.42. The van der Waals surface area contributed by atoms with Gasteiger partial charge in [-0.25, -0.2) is 9.59 Å². The monoisotopic (exact) mass is 366 g/mol. The molecule has 0 radical (unpaired) electrons. The minimum absolute atomic E-state index is 0.141. The molecular formula is C23H26O4. The highest BCUT2D eigenvalue weighted by Gasteiger charge is 2.37. The van der Waals surface area contributed by atoms with Crippen molar-refractivity contribution in [3.8, 4) is 0 Å². The molecule has 0 aromatic heterocycles. The lowest BCUT2D eigenvalue weighted by molar-refractivity contribution is -0.00318. The van der Waals surface area contributed by atoms with Crippen LogP contribution >= 0.6 is 0 Å². The molecule has 4 heteroatoms. The van der Waals surface area contributed by atoms with E-state index in [1.165, 1.54) is 49.1 Å². The zero-order chi connectivity index (χ0) is 19.7. The van der Waals surface area contributed by atoms with Gasteiger partial charge in [-0.15, -0.1) is 0 Å². The number of carbonyl (C=O) groups is 2. The fourth-order valence-corrected chi connectivity index (χ4v) is 3.77. The molecule has 0 bridgehead atoms. The number of aromatic carboxylic acids is 1. The molecule has 0 saturated heterocycles. The van der Waals surface area contributed by atoms with E-state index in [9.17, 15) is 9.59 Å². The van der Waals surface area contributed by atoms with Gasteiger partial charge in [-0.2, -0.15) is 0 Å². The molecule has 0 atom stereocenters. The van der Waals surface area contributed by atoms with Crippen LogP contribution in [0.5, 0.6) is 0 Å². The summed E-state index contributed by atoms with van der Waals surface area (Å²) >= 11 is 0. The van der Waals surface area contributed by atoms with Gasteiger partial charge >= 0.3 is 11.9 Å². The lowest BCUT2D eigenvalue weighted by Crippen LogP contribution is -2.33. The van der Waals surface area contributed by atoms with Gasteiger partial charge in [0.05, 0.1) is 11.1 Å². The van der Waals surface area contributed by atoms with E-state index in [1.807, 2.05) is 26.0 Å². The molecule has 1 fully saturated rings. The molecule has 1 aliphatic carbocycles. The summed E-state index contributed by atoms with van der Waals surface area (Å²) in [6, 6.07) is 14.2. The quantitative estimate of drug-likeness (QED) is 0.704. The third kappa shape index (κ3) is 3.75. The normalized spacial score (nSPS) is 15.7. The minimum atomic E-state index is -1.02. The summed E-state index contributed by atoms with van der Waals surface area (Å²) < 4.78 is 5.72. The predicted molar refractivity (Wildman–Crippen MR) is 104 cm³/mol. The van der Waals surface area contributed by atoms with Gasteiger partial charge in [0.1, 0.15) is 5.60 Å². The van der Waals surface area contributed by atoms with Crippen molar-refractivity contribution in [2.24, 2.45) is 0 Å². The summed E-state index contributed by atoms with van der Waals surface area (Å²) in [6.07, 6.45) is 4.93. The number of rotatable bonds is 6. The zero-order valence-corrected chi connectivity index (χ0v) is 16.1. The number of carbonyl (C=O) groups excluding carboxylic acids is 1. The Morgan fingerprint density at radius 2 is 1.56 bits per heavy atom. The van der Waals surface area contributed by atoms with Crippen molar-refractivity contribution < 1.29 is 19.4 Å². The van der Waals surface area contributed by atoms with Crippen LogP contribution in [0.2, 0.25) is 0 Å². The third-order valence-electron chi connectivity index (χ3n) is 5.90. The molecule has 1 saturated carbocycles. The SMILES string of the molecule is CCC1(c2ccc(C(C)(C)OC(=O)c3ccc(C(=O)O)cc3)cc2)CCC1. The van der Waals surface area contributed by atoms with Crippen LogP contribution in [-0.4, -0.2) is 17.0 Å². The maximum Gasteiger partial charge on any atom is 0.338 e. The molecule has 0 heterocycles. The Morgan fingerprint density at radius 3 is 2.00 bits per heavy atom. The maximum absolute atomic E-state index is 12.5.